The molecule has 2 amide bonds. The largest absolute Gasteiger partial charge is 0.466 e. The Morgan fingerprint density at radius 1 is 0.961 bits per heavy atom. The Kier molecular flexibility index (Phi) is 10.8. The van der Waals surface area contributed by atoms with Crippen LogP contribution in [0.4, 0.5) is 10.9 Å². The lowest BCUT2D eigenvalue weighted by Gasteiger charge is -2.31. The van der Waals surface area contributed by atoms with E-state index in [1.165, 1.54) is 11.3 Å². The lowest BCUT2D eigenvalue weighted by Crippen LogP contribution is -2.35. The molecule has 13 nitrogen and oxygen atoms in total. The molecule has 0 atom stereocenters. The van der Waals surface area contributed by atoms with Gasteiger partial charge in [0, 0.05) is 48.9 Å². The maximum atomic E-state index is 13.7. The zero-order valence-electron chi connectivity index (χ0n) is 28.6. The summed E-state index contributed by atoms with van der Waals surface area (Å²) in [6.07, 6.45) is 3.70. The van der Waals surface area contributed by atoms with Gasteiger partial charge in [0.15, 0.2) is 5.13 Å². The molecule has 0 fully saturated rings. The number of nitrogens with zero attached hydrogens (tertiary/aromatic N) is 5. The van der Waals surface area contributed by atoms with E-state index in [1.54, 1.807) is 43.0 Å². The average Bonchev–Trinajstić information content (AvgIpc) is 3.68. The van der Waals surface area contributed by atoms with E-state index in [9.17, 15) is 22.8 Å². The minimum atomic E-state index is -4.01. The predicted molar refractivity (Wildman–Crippen MR) is 196 cm³/mol. The number of hydrogen-bond donors (Lipinski definition) is 2. The first-order valence-corrected chi connectivity index (χ1v) is 19.2. The minimum absolute atomic E-state index is 0.0536. The minimum Gasteiger partial charge on any atom is -0.466 e. The van der Waals surface area contributed by atoms with E-state index in [4.69, 9.17) is 9.72 Å². The fourth-order valence-corrected chi connectivity index (χ4v) is 8.00. The number of aromatic nitrogens is 4. The van der Waals surface area contributed by atoms with Crippen LogP contribution >= 0.6 is 11.3 Å². The number of ether oxygens (including phenoxy) is 1. The normalized spacial score (nSPS) is 12.8. The highest BCUT2D eigenvalue weighted by Crippen LogP contribution is 2.32. The highest BCUT2D eigenvalue weighted by atomic mass is 32.2. The number of amides is 2. The summed E-state index contributed by atoms with van der Waals surface area (Å²) in [5.41, 5.74) is 5.03. The molecule has 0 spiro atoms. The highest BCUT2D eigenvalue weighted by molar-refractivity contribution is 7.90. The van der Waals surface area contributed by atoms with Gasteiger partial charge >= 0.3 is 5.97 Å². The summed E-state index contributed by atoms with van der Waals surface area (Å²) in [6, 6.07) is 16.9. The smallest absolute Gasteiger partial charge is 0.305 e. The molecule has 0 saturated heterocycles. The van der Waals surface area contributed by atoms with Crippen molar-refractivity contribution >= 4 is 60.3 Å². The number of carbonyl (C=O) groups is 3. The van der Waals surface area contributed by atoms with Crippen LogP contribution in [-0.4, -0.2) is 64.9 Å². The third-order valence-electron chi connectivity index (χ3n) is 8.82. The number of rotatable bonds is 13. The number of unbranched alkanes of at least 4 members (excludes halogenated alkanes) is 2. The van der Waals surface area contributed by atoms with E-state index in [0.29, 0.717) is 66.6 Å². The van der Waals surface area contributed by atoms with Crippen molar-refractivity contribution in [1.29, 1.82) is 0 Å². The molecule has 2 N–H and O–H groups in total. The summed E-state index contributed by atoms with van der Waals surface area (Å²) in [7, 11) is -2.23. The van der Waals surface area contributed by atoms with Gasteiger partial charge in [-0.2, -0.15) is 5.10 Å². The van der Waals surface area contributed by atoms with Gasteiger partial charge in [0.1, 0.15) is 11.5 Å². The number of esters is 1. The van der Waals surface area contributed by atoms with Gasteiger partial charge < -0.3 is 9.64 Å². The quantitative estimate of drug-likeness (QED) is 0.118. The summed E-state index contributed by atoms with van der Waals surface area (Å²) in [4.78, 5) is 50.1. The van der Waals surface area contributed by atoms with Crippen molar-refractivity contribution in [2.45, 2.75) is 52.5 Å². The molecule has 15 heteroatoms. The first kappa shape index (κ1) is 35.7. The van der Waals surface area contributed by atoms with Gasteiger partial charge in [0.05, 0.1) is 28.8 Å². The van der Waals surface area contributed by atoms with Crippen molar-refractivity contribution in [3.8, 4) is 11.1 Å². The number of thiazole rings is 1. The highest BCUT2D eigenvalue weighted by Gasteiger charge is 2.27. The zero-order chi connectivity index (χ0) is 36.1. The van der Waals surface area contributed by atoms with E-state index >= 15 is 0 Å². The van der Waals surface area contributed by atoms with Gasteiger partial charge in [-0.15, -0.1) is 0 Å². The monoisotopic (exact) mass is 729 g/mol. The maximum Gasteiger partial charge on any atom is 0.305 e. The number of sulfonamides is 1. The van der Waals surface area contributed by atoms with Crippen LogP contribution in [0.3, 0.4) is 0 Å². The first-order valence-electron chi connectivity index (χ1n) is 16.8. The molecule has 0 aliphatic carbocycles. The summed E-state index contributed by atoms with van der Waals surface area (Å²) < 4.78 is 35.8. The molecular formula is C36H39N7O6S2. The zero-order valence-corrected chi connectivity index (χ0v) is 30.3. The van der Waals surface area contributed by atoms with Gasteiger partial charge in [-0.25, -0.2) is 23.1 Å². The molecule has 6 rings (SSSR count). The number of hydrogen-bond acceptors (Lipinski definition) is 11. The van der Waals surface area contributed by atoms with E-state index in [1.807, 2.05) is 48.2 Å². The van der Waals surface area contributed by atoms with Gasteiger partial charge in [-0.05, 0) is 74.6 Å². The molecule has 2 aromatic carbocycles. The molecule has 0 radical (unpaired) electrons. The summed E-state index contributed by atoms with van der Waals surface area (Å²) in [5, 5.41) is 7.78. The van der Waals surface area contributed by atoms with Crippen LogP contribution < -0.4 is 14.9 Å². The third kappa shape index (κ3) is 8.26. The molecule has 3 aromatic heterocycles. The Labute approximate surface area is 300 Å². The number of para-hydroxylation sites is 1. The van der Waals surface area contributed by atoms with Crippen molar-refractivity contribution in [2.75, 3.05) is 29.1 Å². The van der Waals surface area contributed by atoms with Crippen LogP contribution in [0.15, 0.2) is 60.8 Å². The van der Waals surface area contributed by atoms with E-state index in [-0.39, 0.29) is 36.2 Å². The number of pyridine rings is 1. The molecule has 1 aliphatic rings. The van der Waals surface area contributed by atoms with Crippen LogP contribution in [-0.2, 0) is 39.6 Å². The van der Waals surface area contributed by atoms with Crippen LogP contribution in [0.25, 0.3) is 21.3 Å². The van der Waals surface area contributed by atoms with Gasteiger partial charge in [0.2, 0.25) is 10.0 Å². The Morgan fingerprint density at radius 2 is 1.78 bits per heavy atom. The Bertz CT molecular complexity index is 2180. The van der Waals surface area contributed by atoms with Crippen LogP contribution in [0, 0.1) is 6.92 Å². The molecule has 0 unspecified atom stereocenters. The van der Waals surface area contributed by atoms with Crippen LogP contribution in [0.5, 0.6) is 0 Å². The SMILES string of the molecule is CCOC(=O)CCCCCS(=O)(=O)NC(=O)c1nc(N2CCc3cccc(C(=O)Nc4nc5ccccc5s4)c3C2)ccc1-c1cnn(C)c1C. The molecule has 51 heavy (non-hydrogen) atoms. The third-order valence-corrected chi connectivity index (χ3v) is 11.1. The summed E-state index contributed by atoms with van der Waals surface area (Å²) in [5.74, 6) is -1.26. The number of aryl methyl sites for hydroxylation is 1. The molecule has 0 bridgehead atoms. The number of nitrogens with one attached hydrogen (secondary N) is 2. The molecule has 1 aliphatic heterocycles. The molecule has 4 heterocycles. The second-order valence-electron chi connectivity index (χ2n) is 12.3. The lowest BCUT2D eigenvalue weighted by atomic mass is 9.94. The van der Waals surface area contributed by atoms with Crippen molar-refractivity contribution in [1.82, 2.24) is 24.5 Å². The Hall–Kier alpha value is -5.15. The van der Waals surface area contributed by atoms with Crippen LogP contribution in [0.1, 0.15) is 70.3 Å². The molecule has 0 saturated carbocycles. The predicted octanol–water partition coefficient (Wildman–Crippen LogP) is 5.40. The maximum absolute atomic E-state index is 13.7. The van der Waals surface area contributed by atoms with Crippen molar-refractivity contribution in [3.05, 3.63) is 88.9 Å². The van der Waals surface area contributed by atoms with E-state index < -0.39 is 15.9 Å². The Morgan fingerprint density at radius 3 is 2.55 bits per heavy atom. The first-order chi connectivity index (χ1) is 24.5. The van der Waals surface area contributed by atoms with Crippen molar-refractivity contribution in [3.63, 3.8) is 0 Å². The number of benzene rings is 2. The van der Waals surface area contributed by atoms with E-state index in [2.05, 4.69) is 20.1 Å². The van der Waals surface area contributed by atoms with Crippen LogP contribution in [0.2, 0.25) is 0 Å². The lowest BCUT2D eigenvalue weighted by molar-refractivity contribution is -0.143. The van der Waals surface area contributed by atoms with Gasteiger partial charge in [0.25, 0.3) is 11.8 Å². The topological polar surface area (TPSA) is 165 Å². The standard InChI is InChI=1S/C36H39N7O6S2/c1-4-49-32(44)15-6-5-9-20-51(47,48)41-35(46)33-25(27-21-37-42(3)23(27)2)16-17-31(39-33)43-19-18-24-11-10-12-26(28(24)22-43)34(45)40-36-38-29-13-7-8-14-30(29)50-36/h7-8,10-14,16-17,21H,4-6,9,15,18-20,22H2,1-3H3,(H,41,46)(H,38,40,45). The number of fused-ring (bicyclic) bond motifs is 2. The summed E-state index contributed by atoms with van der Waals surface area (Å²) in [6.45, 7) is 4.80. The molecule has 266 valence electrons. The second-order valence-corrected chi connectivity index (χ2v) is 15.1. The fraction of sp³-hybridized carbons (Fsp3) is 0.333. The fourth-order valence-electron chi connectivity index (χ4n) is 6.07. The van der Waals surface area contributed by atoms with Crippen molar-refractivity contribution < 1.29 is 27.5 Å². The molecular weight excluding hydrogens is 691 g/mol. The number of carbonyl (C=O) groups excluding carboxylic acids is 3. The molecule has 5 aromatic rings. The van der Waals surface area contributed by atoms with Gasteiger partial charge in [-0.1, -0.05) is 42.0 Å². The summed E-state index contributed by atoms with van der Waals surface area (Å²) >= 11 is 1.41. The Balaban J connectivity index is 1.22. The number of anilines is 2. The second kappa shape index (κ2) is 15.4. The van der Waals surface area contributed by atoms with Gasteiger partial charge in [-0.3, -0.25) is 24.4 Å². The van der Waals surface area contributed by atoms with E-state index in [0.717, 1.165) is 27.0 Å². The van der Waals surface area contributed by atoms with Crippen molar-refractivity contribution in [2.24, 2.45) is 7.05 Å². The average molecular weight is 730 g/mol.